The monoisotopic (exact) mass is 614 g/mol. The lowest BCUT2D eigenvalue weighted by molar-refractivity contribution is -0.165. The maximum absolute atomic E-state index is 6.48. The highest BCUT2D eigenvalue weighted by atomic mass is 16.7. The first kappa shape index (κ1) is 27.7. The Morgan fingerprint density at radius 2 is 1.37 bits per heavy atom. The summed E-state index contributed by atoms with van der Waals surface area (Å²) in [6, 6.07) is 29.3. The van der Waals surface area contributed by atoms with E-state index < -0.39 is 0 Å². The largest absolute Gasteiger partial charge is 0.495 e. The summed E-state index contributed by atoms with van der Waals surface area (Å²) in [6.07, 6.45) is 5.13. The average molecular weight is 615 g/mol. The summed E-state index contributed by atoms with van der Waals surface area (Å²) in [6.45, 7) is 3.48. The van der Waals surface area contributed by atoms with Crippen molar-refractivity contribution in [1.29, 1.82) is 0 Å². The molecule has 232 valence electrons. The number of allylic oxidation sites excluding steroid dienone is 1. The van der Waals surface area contributed by atoms with Crippen LogP contribution in [-0.2, 0) is 25.4 Å². The van der Waals surface area contributed by atoms with Crippen molar-refractivity contribution < 1.29 is 33.2 Å². The van der Waals surface area contributed by atoms with Crippen LogP contribution in [0.15, 0.2) is 90.7 Å². The van der Waals surface area contributed by atoms with Gasteiger partial charge < -0.3 is 33.2 Å². The maximum atomic E-state index is 6.48. The topological polar surface area (TPSA) is 71.2 Å². The third kappa shape index (κ3) is 5.89. The summed E-state index contributed by atoms with van der Waals surface area (Å²) >= 11 is 0. The Morgan fingerprint density at radius 3 is 2.15 bits per heavy atom. The molecule has 0 amide bonds. The molecule has 3 heterocycles. The highest BCUT2D eigenvalue weighted by Crippen LogP contribution is 2.42. The van der Waals surface area contributed by atoms with Crippen molar-refractivity contribution in [2.75, 3.05) is 33.0 Å². The molecule has 0 saturated carbocycles. The van der Waals surface area contributed by atoms with E-state index in [2.05, 4.69) is 72.8 Å². The SMILES string of the molecule is C1=C(OCC2CO2)CCc2ccc(-c3c(O[C@H]4CCO4)ccc4ccc(Oc5ccc6ccc(OCC7CO7)cc6c5)cc34)cc21. The van der Waals surface area contributed by atoms with E-state index in [1.807, 2.05) is 18.2 Å². The summed E-state index contributed by atoms with van der Waals surface area (Å²) in [5.74, 6) is 4.15. The lowest BCUT2D eigenvalue weighted by Gasteiger charge is -2.28. The molecule has 46 heavy (non-hydrogen) atoms. The number of hydrogen-bond acceptors (Lipinski definition) is 7. The van der Waals surface area contributed by atoms with Crippen LogP contribution in [0.1, 0.15) is 24.0 Å². The van der Waals surface area contributed by atoms with Crippen LogP contribution in [0, 0.1) is 0 Å². The second kappa shape index (κ2) is 11.7. The minimum absolute atomic E-state index is 0.215. The Kier molecular flexibility index (Phi) is 7.03. The van der Waals surface area contributed by atoms with Gasteiger partial charge in [-0.1, -0.05) is 36.4 Å². The standard InChI is InChI=1S/C39H34O7/c1-2-27(15-28-16-30(8-3-24(1)28)41-20-34-22-43-34)39-36-19-33(11-6-26(36)7-12-37(39)46-38-13-14-40-38)45-32-10-5-25-4-9-31(17-29(25)18-32)42-21-35-23-44-35/h1-2,4-7,9-12,15-19,34-35,38H,3,8,13-14,20-23H2/t34?,35?,38-/m0/s1. The van der Waals surface area contributed by atoms with Crippen LogP contribution in [0.2, 0.25) is 0 Å². The van der Waals surface area contributed by atoms with Gasteiger partial charge in [-0.3, -0.25) is 0 Å². The van der Waals surface area contributed by atoms with E-state index in [0.717, 1.165) is 101 Å². The Morgan fingerprint density at radius 1 is 0.652 bits per heavy atom. The van der Waals surface area contributed by atoms with E-state index in [4.69, 9.17) is 33.2 Å². The molecule has 4 aliphatic rings. The molecule has 3 atom stereocenters. The molecule has 2 unspecified atom stereocenters. The summed E-state index contributed by atoms with van der Waals surface area (Å²) in [5.41, 5.74) is 4.59. The molecule has 7 heteroatoms. The van der Waals surface area contributed by atoms with Crippen molar-refractivity contribution in [2.45, 2.75) is 37.8 Å². The predicted molar refractivity (Wildman–Crippen MR) is 176 cm³/mol. The zero-order valence-electron chi connectivity index (χ0n) is 25.4. The fourth-order valence-corrected chi connectivity index (χ4v) is 6.13. The van der Waals surface area contributed by atoms with E-state index in [1.165, 1.54) is 11.1 Å². The molecule has 0 radical (unpaired) electrons. The Balaban J connectivity index is 1.06. The molecule has 9 rings (SSSR count). The number of fused-ring (bicyclic) bond motifs is 3. The Hall–Kier alpha value is -4.56. The number of benzene rings is 5. The van der Waals surface area contributed by atoms with Gasteiger partial charge in [0.1, 0.15) is 48.4 Å². The summed E-state index contributed by atoms with van der Waals surface area (Å²) in [5, 5.41) is 4.33. The van der Waals surface area contributed by atoms with Crippen LogP contribution in [0.3, 0.4) is 0 Å². The van der Waals surface area contributed by atoms with Gasteiger partial charge in [-0.05, 0) is 99.3 Å². The van der Waals surface area contributed by atoms with Gasteiger partial charge in [-0.2, -0.15) is 0 Å². The van der Waals surface area contributed by atoms with E-state index in [-0.39, 0.29) is 18.5 Å². The van der Waals surface area contributed by atoms with E-state index >= 15 is 0 Å². The number of rotatable bonds is 11. The molecule has 5 aromatic carbocycles. The van der Waals surface area contributed by atoms with Gasteiger partial charge >= 0.3 is 0 Å². The third-order valence-corrected chi connectivity index (χ3v) is 8.98. The number of aryl methyl sites for hydroxylation is 1. The van der Waals surface area contributed by atoms with Crippen molar-refractivity contribution in [2.24, 2.45) is 0 Å². The zero-order valence-corrected chi connectivity index (χ0v) is 25.4. The normalized spacial score (nSPS) is 21.2. The molecule has 3 fully saturated rings. The van der Waals surface area contributed by atoms with Gasteiger partial charge in [0.25, 0.3) is 0 Å². The summed E-state index contributed by atoms with van der Waals surface area (Å²) in [4.78, 5) is 0. The van der Waals surface area contributed by atoms with Gasteiger partial charge in [0.2, 0.25) is 6.29 Å². The minimum atomic E-state index is -0.235. The molecule has 3 aliphatic heterocycles. The Bertz CT molecular complexity index is 1970. The first-order valence-electron chi connectivity index (χ1n) is 16.1. The van der Waals surface area contributed by atoms with E-state index in [9.17, 15) is 0 Å². The quantitative estimate of drug-likeness (QED) is 0.139. The first-order valence-corrected chi connectivity index (χ1v) is 16.1. The van der Waals surface area contributed by atoms with Crippen LogP contribution in [0.4, 0.5) is 0 Å². The smallest absolute Gasteiger partial charge is 0.202 e. The van der Waals surface area contributed by atoms with Crippen molar-refractivity contribution in [3.05, 3.63) is 102 Å². The van der Waals surface area contributed by atoms with E-state index in [1.54, 1.807) is 0 Å². The molecule has 5 aromatic rings. The lowest BCUT2D eigenvalue weighted by Crippen LogP contribution is -2.32. The molecule has 0 aromatic heterocycles. The van der Waals surface area contributed by atoms with Gasteiger partial charge in [0, 0.05) is 18.4 Å². The Labute approximate surface area is 267 Å². The molecular formula is C39H34O7. The number of ether oxygens (including phenoxy) is 7. The minimum Gasteiger partial charge on any atom is -0.495 e. The fourth-order valence-electron chi connectivity index (χ4n) is 6.13. The van der Waals surface area contributed by atoms with Crippen molar-refractivity contribution in [3.8, 4) is 34.1 Å². The summed E-state index contributed by atoms with van der Waals surface area (Å²) in [7, 11) is 0. The molecule has 3 saturated heterocycles. The lowest BCUT2D eigenvalue weighted by atomic mass is 9.90. The maximum Gasteiger partial charge on any atom is 0.202 e. The van der Waals surface area contributed by atoms with Gasteiger partial charge in [-0.15, -0.1) is 0 Å². The van der Waals surface area contributed by atoms with Gasteiger partial charge in [0.15, 0.2) is 0 Å². The molecule has 0 spiro atoms. The number of epoxide rings is 2. The van der Waals surface area contributed by atoms with Gasteiger partial charge in [0.05, 0.1) is 25.6 Å². The van der Waals surface area contributed by atoms with Crippen LogP contribution >= 0.6 is 0 Å². The van der Waals surface area contributed by atoms with Crippen LogP contribution in [0.5, 0.6) is 23.0 Å². The second-order valence-corrected chi connectivity index (χ2v) is 12.4. The second-order valence-electron chi connectivity index (χ2n) is 12.4. The molecule has 0 N–H and O–H groups in total. The fraction of sp³-hybridized carbons (Fsp3) is 0.282. The molecular weight excluding hydrogens is 580 g/mol. The third-order valence-electron chi connectivity index (χ3n) is 8.98. The number of hydrogen-bond donors (Lipinski definition) is 0. The van der Waals surface area contributed by atoms with E-state index in [0.29, 0.717) is 13.2 Å². The van der Waals surface area contributed by atoms with Crippen molar-refractivity contribution >= 4 is 27.6 Å². The average Bonchev–Trinajstić information content (AvgIpc) is 4.00. The molecule has 1 aliphatic carbocycles. The highest BCUT2D eigenvalue weighted by molar-refractivity contribution is 6.01. The van der Waals surface area contributed by atoms with Gasteiger partial charge in [-0.25, -0.2) is 0 Å². The van der Waals surface area contributed by atoms with Crippen LogP contribution in [-0.4, -0.2) is 51.5 Å². The zero-order chi connectivity index (χ0) is 30.5. The van der Waals surface area contributed by atoms with Crippen molar-refractivity contribution in [1.82, 2.24) is 0 Å². The predicted octanol–water partition coefficient (Wildman–Crippen LogP) is 8.06. The highest BCUT2D eigenvalue weighted by Gasteiger charge is 2.26. The van der Waals surface area contributed by atoms with Crippen LogP contribution in [0.25, 0.3) is 38.7 Å². The van der Waals surface area contributed by atoms with Crippen molar-refractivity contribution in [3.63, 3.8) is 0 Å². The summed E-state index contributed by atoms with van der Waals surface area (Å²) < 4.78 is 41.2. The molecule has 0 bridgehead atoms. The van der Waals surface area contributed by atoms with Crippen LogP contribution < -0.4 is 14.2 Å². The first-order chi connectivity index (χ1) is 22.7. The molecule has 7 nitrogen and oxygen atoms in total.